The lowest BCUT2D eigenvalue weighted by atomic mass is 9.97. The van der Waals surface area contributed by atoms with Crippen molar-refractivity contribution in [1.82, 2.24) is 9.29 Å². The van der Waals surface area contributed by atoms with Gasteiger partial charge in [0.05, 0.1) is 22.1 Å². The lowest BCUT2D eigenvalue weighted by Gasteiger charge is -2.30. The van der Waals surface area contributed by atoms with Crippen LogP contribution < -0.4 is 5.32 Å². The van der Waals surface area contributed by atoms with E-state index in [4.69, 9.17) is 4.74 Å². The van der Waals surface area contributed by atoms with Gasteiger partial charge in [-0.15, -0.1) is 0 Å². The molecule has 0 bridgehead atoms. The molecule has 0 unspecified atom stereocenters. The second kappa shape index (κ2) is 9.87. The molecule has 1 N–H and O–H groups in total. The maximum Gasteiger partial charge on any atom is 0.350 e. The summed E-state index contributed by atoms with van der Waals surface area (Å²) in [6.45, 7) is 3.90. The van der Waals surface area contributed by atoms with Gasteiger partial charge in [-0.3, -0.25) is 4.79 Å². The van der Waals surface area contributed by atoms with Crippen LogP contribution in [0.15, 0.2) is 34.1 Å². The maximum atomic E-state index is 12.9. The zero-order chi connectivity index (χ0) is 24.4. The summed E-state index contributed by atoms with van der Waals surface area (Å²) in [5.41, 5.74) is 0.469. The topological polar surface area (TPSA) is 140 Å². The molecule has 0 aliphatic carbocycles. The number of hydrogen-bond acceptors (Lipinski definition) is 9. The second-order valence-electron chi connectivity index (χ2n) is 7.57. The van der Waals surface area contributed by atoms with Crippen molar-refractivity contribution in [2.75, 3.05) is 31.3 Å². The quantitative estimate of drug-likeness (QED) is 0.553. The lowest BCUT2D eigenvalue weighted by Crippen LogP contribution is -2.41. The van der Waals surface area contributed by atoms with E-state index in [1.165, 1.54) is 28.6 Å². The van der Waals surface area contributed by atoms with Crippen LogP contribution in [-0.2, 0) is 29.4 Å². The smallest absolute Gasteiger partial charge is 0.350 e. The number of piperidine rings is 1. The summed E-state index contributed by atoms with van der Waals surface area (Å²) in [6.07, 6.45) is 1.69. The number of anilines is 1. The molecule has 180 valence electrons. The minimum atomic E-state index is -3.80. The molecule has 0 atom stereocenters. The Morgan fingerprint density at radius 2 is 1.70 bits per heavy atom. The number of carbonyl (C=O) groups is 2. The van der Waals surface area contributed by atoms with Crippen LogP contribution in [0.3, 0.4) is 0 Å². The first kappa shape index (κ1) is 25.3. The molecule has 10 nitrogen and oxygen atoms in total. The van der Waals surface area contributed by atoms with Gasteiger partial charge in [-0.1, -0.05) is 11.3 Å². The summed E-state index contributed by atoms with van der Waals surface area (Å²) in [7, 11) is -7.23. The molecule has 0 saturated carbocycles. The number of rotatable bonds is 7. The van der Waals surface area contributed by atoms with Crippen LogP contribution in [0.25, 0.3) is 0 Å². The highest BCUT2D eigenvalue weighted by molar-refractivity contribution is 7.90. The molecule has 0 radical (unpaired) electrons. The van der Waals surface area contributed by atoms with E-state index < -0.39 is 31.7 Å². The van der Waals surface area contributed by atoms with E-state index in [-0.39, 0.29) is 35.4 Å². The van der Waals surface area contributed by atoms with Crippen molar-refractivity contribution >= 4 is 48.2 Å². The fraction of sp³-hybridized carbons (Fsp3) is 0.450. The number of ether oxygens (including phenoxy) is 1. The first-order valence-corrected chi connectivity index (χ1v) is 14.3. The second-order valence-corrected chi connectivity index (χ2v) is 12.5. The van der Waals surface area contributed by atoms with Gasteiger partial charge in [0, 0.05) is 25.3 Å². The van der Waals surface area contributed by atoms with Crippen LogP contribution >= 0.6 is 11.3 Å². The van der Waals surface area contributed by atoms with E-state index >= 15 is 0 Å². The molecule has 33 heavy (non-hydrogen) atoms. The number of esters is 1. The number of nitrogens with zero attached hydrogens (tertiary/aromatic N) is 2. The minimum Gasteiger partial charge on any atom is -0.462 e. The molecule has 1 aliphatic heterocycles. The number of sulfone groups is 1. The number of aromatic nitrogens is 1. The number of sulfonamides is 1. The van der Waals surface area contributed by atoms with Gasteiger partial charge >= 0.3 is 5.97 Å². The van der Waals surface area contributed by atoms with Crippen molar-refractivity contribution in [3.63, 3.8) is 0 Å². The zero-order valence-corrected chi connectivity index (χ0v) is 20.8. The van der Waals surface area contributed by atoms with E-state index in [2.05, 4.69) is 10.3 Å². The molecule has 1 amide bonds. The van der Waals surface area contributed by atoms with Crippen molar-refractivity contribution in [2.45, 2.75) is 36.5 Å². The van der Waals surface area contributed by atoms with Crippen LogP contribution in [0.2, 0.25) is 0 Å². The van der Waals surface area contributed by atoms with E-state index in [1.807, 2.05) is 0 Å². The third-order valence-electron chi connectivity index (χ3n) is 5.20. The highest BCUT2D eigenvalue weighted by Gasteiger charge is 2.32. The number of benzene rings is 1. The third kappa shape index (κ3) is 5.78. The Balaban J connectivity index is 1.62. The van der Waals surface area contributed by atoms with Crippen LogP contribution in [0, 0.1) is 12.8 Å². The van der Waals surface area contributed by atoms with Gasteiger partial charge in [0.2, 0.25) is 15.9 Å². The summed E-state index contributed by atoms with van der Waals surface area (Å²) < 4.78 is 55.2. The molecule has 1 aliphatic rings. The predicted molar refractivity (Wildman–Crippen MR) is 122 cm³/mol. The Morgan fingerprint density at radius 3 is 2.24 bits per heavy atom. The van der Waals surface area contributed by atoms with Gasteiger partial charge in [-0.05, 0) is 51.0 Å². The van der Waals surface area contributed by atoms with Crippen LogP contribution in [-0.4, -0.2) is 64.0 Å². The summed E-state index contributed by atoms with van der Waals surface area (Å²) in [6, 6.07) is 5.08. The Labute approximate surface area is 196 Å². The number of carbonyl (C=O) groups excluding carboxylic acids is 2. The van der Waals surface area contributed by atoms with Gasteiger partial charge in [-0.2, -0.15) is 4.31 Å². The largest absolute Gasteiger partial charge is 0.462 e. The molecule has 2 aromatic rings. The fourth-order valence-electron chi connectivity index (χ4n) is 3.41. The van der Waals surface area contributed by atoms with Gasteiger partial charge in [-0.25, -0.2) is 26.6 Å². The molecular formula is C20H25N3O7S3. The molecule has 1 fully saturated rings. The van der Waals surface area contributed by atoms with Gasteiger partial charge in [0.25, 0.3) is 0 Å². The first-order chi connectivity index (χ1) is 15.4. The number of nitrogens with one attached hydrogen (secondary N) is 1. The first-order valence-electron chi connectivity index (χ1n) is 10.2. The zero-order valence-electron chi connectivity index (χ0n) is 18.4. The Morgan fingerprint density at radius 1 is 1.12 bits per heavy atom. The van der Waals surface area contributed by atoms with Crippen LogP contribution in [0.4, 0.5) is 5.13 Å². The van der Waals surface area contributed by atoms with Crippen molar-refractivity contribution in [3.05, 3.63) is 34.8 Å². The van der Waals surface area contributed by atoms with Crippen molar-refractivity contribution in [2.24, 2.45) is 5.92 Å². The number of aryl methyl sites for hydroxylation is 1. The van der Waals surface area contributed by atoms with Crippen molar-refractivity contribution in [3.8, 4) is 0 Å². The van der Waals surface area contributed by atoms with Gasteiger partial charge < -0.3 is 10.1 Å². The van der Waals surface area contributed by atoms with Crippen molar-refractivity contribution in [1.29, 1.82) is 0 Å². The summed E-state index contributed by atoms with van der Waals surface area (Å²) in [5.74, 6) is -1.18. The molecule has 1 saturated heterocycles. The van der Waals surface area contributed by atoms with Gasteiger partial charge in [0.15, 0.2) is 15.0 Å². The molecule has 3 rings (SSSR count). The molecule has 1 aromatic heterocycles. The van der Waals surface area contributed by atoms with Gasteiger partial charge in [0.1, 0.15) is 4.88 Å². The SMILES string of the molecule is CCOC(=O)c1sc(NC(=O)C2CCN(S(=O)(=O)c3ccc(S(C)(=O)=O)cc3)CC2)nc1C. The monoisotopic (exact) mass is 515 g/mol. The van der Waals surface area contributed by atoms with Crippen LogP contribution in [0.1, 0.15) is 35.1 Å². The van der Waals surface area contributed by atoms with Crippen LogP contribution in [0.5, 0.6) is 0 Å². The average Bonchev–Trinajstić information content (AvgIpc) is 3.13. The maximum absolute atomic E-state index is 12.9. The molecule has 2 heterocycles. The highest BCUT2D eigenvalue weighted by atomic mass is 32.2. The molecule has 13 heteroatoms. The predicted octanol–water partition coefficient (Wildman–Crippen LogP) is 2.07. The Hall–Kier alpha value is -2.35. The minimum absolute atomic E-state index is 0.00237. The number of thiazole rings is 1. The standard InChI is InChI=1S/C20H25N3O7S3/c1-4-30-19(25)17-13(2)21-20(31-17)22-18(24)14-9-11-23(12-10-14)33(28,29)16-7-5-15(6-8-16)32(3,26)27/h5-8,14H,4,9-12H2,1-3H3,(H,21,22,24). The van der Waals surface area contributed by atoms with E-state index in [0.717, 1.165) is 17.6 Å². The molecule has 1 aromatic carbocycles. The molecular weight excluding hydrogens is 490 g/mol. The lowest BCUT2D eigenvalue weighted by molar-refractivity contribution is -0.120. The summed E-state index contributed by atoms with van der Waals surface area (Å²) in [4.78, 5) is 29.2. The summed E-state index contributed by atoms with van der Waals surface area (Å²) >= 11 is 1.04. The summed E-state index contributed by atoms with van der Waals surface area (Å²) in [5, 5.41) is 3.00. The van der Waals surface area contributed by atoms with E-state index in [1.54, 1.807) is 13.8 Å². The fourth-order valence-corrected chi connectivity index (χ4v) is 6.37. The number of hydrogen-bond donors (Lipinski definition) is 1. The Bertz CT molecular complexity index is 1240. The molecule has 0 spiro atoms. The highest BCUT2D eigenvalue weighted by Crippen LogP contribution is 2.28. The van der Waals surface area contributed by atoms with E-state index in [0.29, 0.717) is 28.5 Å². The van der Waals surface area contributed by atoms with Crippen molar-refractivity contribution < 1.29 is 31.2 Å². The third-order valence-corrected chi connectivity index (χ3v) is 9.30. The Kier molecular flexibility index (Phi) is 7.56. The number of amides is 1. The normalized spacial score (nSPS) is 15.8. The van der Waals surface area contributed by atoms with E-state index in [9.17, 15) is 26.4 Å². The average molecular weight is 516 g/mol.